The summed E-state index contributed by atoms with van der Waals surface area (Å²) in [5.41, 5.74) is 0. The molecule has 1 rings (SSSR count). The van der Waals surface area contributed by atoms with E-state index in [1.807, 2.05) is 30.3 Å². The largest absolute Gasteiger partial charge is 0.497 e. The monoisotopic (exact) mass is 154 g/mol. The predicted octanol–water partition coefficient (Wildman–Crippen LogP) is -0.0673. The molecule has 2 N–H and O–H groups in total. The van der Waals surface area contributed by atoms with Crippen molar-refractivity contribution in [3.05, 3.63) is 30.3 Å². The molecule has 1 aromatic rings. The first-order chi connectivity index (χ1) is 5.35. The van der Waals surface area contributed by atoms with Crippen LogP contribution >= 0.6 is 0 Å². The second kappa shape index (κ2) is 7.12. The van der Waals surface area contributed by atoms with Crippen LogP contribution in [0.15, 0.2) is 30.3 Å². The molecule has 0 aromatic heterocycles. The van der Waals surface area contributed by atoms with Crippen molar-refractivity contribution in [3.63, 3.8) is 0 Å². The Kier molecular flexibility index (Phi) is 6.47. The van der Waals surface area contributed by atoms with Crippen LogP contribution < -0.4 is 4.74 Å². The van der Waals surface area contributed by atoms with E-state index in [1.54, 1.807) is 7.11 Å². The molecule has 0 unspecified atom stereocenters. The zero-order valence-corrected chi connectivity index (χ0v) is 6.40. The van der Waals surface area contributed by atoms with Gasteiger partial charge in [-0.3, -0.25) is 0 Å². The molecule has 4 heteroatoms. The summed E-state index contributed by atoms with van der Waals surface area (Å²) in [5.74, 6) is 0.910. The summed E-state index contributed by atoms with van der Waals surface area (Å²) in [6.45, 7) is 0. The molecule has 60 valence electrons. The van der Waals surface area contributed by atoms with Gasteiger partial charge in [0.2, 0.25) is 0 Å². The molecular formula is C7H11BO3. The normalized spacial score (nSPS) is 7.55. The van der Waals surface area contributed by atoms with Crippen LogP contribution in [0.3, 0.4) is 0 Å². The average Bonchev–Trinajstić information content (AvgIpc) is 2.08. The van der Waals surface area contributed by atoms with Crippen LogP contribution in [0.1, 0.15) is 0 Å². The Hall–Kier alpha value is -0.995. The van der Waals surface area contributed by atoms with Gasteiger partial charge in [-0.25, -0.2) is 0 Å². The van der Waals surface area contributed by atoms with Crippen molar-refractivity contribution in [2.45, 2.75) is 0 Å². The van der Waals surface area contributed by atoms with E-state index in [0.717, 1.165) is 5.75 Å². The first-order valence-corrected chi connectivity index (χ1v) is 3.16. The van der Waals surface area contributed by atoms with Crippen LogP contribution in [0.2, 0.25) is 0 Å². The van der Waals surface area contributed by atoms with Gasteiger partial charge in [-0.05, 0) is 12.1 Å². The molecule has 1 aromatic carbocycles. The van der Waals surface area contributed by atoms with E-state index in [-0.39, 0.29) is 0 Å². The van der Waals surface area contributed by atoms with Crippen LogP contribution in [-0.2, 0) is 0 Å². The van der Waals surface area contributed by atoms with Gasteiger partial charge >= 0.3 is 7.69 Å². The van der Waals surface area contributed by atoms with Gasteiger partial charge in [-0.15, -0.1) is 0 Å². The van der Waals surface area contributed by atoms with E-state index in [0.29, 0.717) is 0 Å². The molecule has 0 radical (unpaired) electrons. The second-order valence-corrected chi connectivity index (χ2v) is 1.66. The van der Waals surface area contributed by atoms with Crippen molar-refractivity contribution in [1.82, 2.24) is 0 Å². The highest BCUT2D eigenvalue weighted by atomic mass is 16.5. The quantitative estimate of drug-likeness (QED) is 0.556. The van der Waals surface area contributed by atoms with E-state index in [2.05, 4.69) is 0 Å². The van der Waals surface area contributed by atoms with Crippen LogP contribution in [0.5, 0.6) is 5.75 Å². The second-order valence-electron chi connectivity index (χ2n) is 1.66. The van der Waals surface area contributed by atoms with Crippen molar-refractivity contribution in [2.24, 2.45) is 0 Å². The van der Waals surface area contributed by atoms with Gasteiger partial charge in [-0.1, -0.05) is 18.2 Å². The van der Waals surface area contributed by atoms with E-state index >= 15 is 0 Å². The number of benzene rings is 1. The highest BCUT2D eigenvalue weighted by molar-refractivity contribution is 6.13. The Morgan fingerprint density at radius 1 is 1.18 bits per heavy atom. The number of rotatable bonds is 1. The first kappa shape index (κ1) is 10.0. The van der Waals surface area contributed by atoms with E-state index < -0.39 is 7.69 Å². The lowest BCUT2D eigenvalue weighted by atomic mass is 10.3. The molecule has 0 aliphatic carbocycles. The molecule has 3 nitrogen and oxygen atoms in total. The molecule has 0 saturated carbocycles. The highest BCUT2D eigenvalue weighted by Gasteiger charge is 1.80. The average molecular weight is 154 g/mol. The zero-order chi connectivity index (χ0) is 8.53. The number of hydrogen-bond donors (Lipinski definition) is 2. The maximum atomic E-state index is 7.12. The minimum Gasteiger partial charge on any atom is -0.497 e. The van der Waals surface area contributed by atoms with Crippen molar-refractivity contribution in [2.75, 3.05) is 7.11 Å². The Morgan fingerprint density at radius 2 is 1.64 bits per heavy atom. The maximum absolute atomic E-state index is 7.12. The van der Waals surface area contributed by atoms with Gasteiger partial charge in [0.05, 0.1) is 7.11 Å². The number of para-hydroxylation sites is 1. The Labute approximate surface area is 66.6 Å². The molecule has 0 bridgehead atoms. The Morgan fingerprint density at radius 3 is 1.91 bits per heavy atom. The molecule has 0 heterocycles. The fourth-order valence-corrected chi connectivity index (χ4v) is 0.557. The zero-order valence-electron chi connectivity index (χ0n) is 6.40. The van der Waals surface area contributed by atoms with Gasteiger partial charge in [0.15, 0.2) is 0 Å². The van der Waals surface area contributed by atoms with Gasteiger partial charge in [0.25, 0.3) is 0 Å². The first-order valence-electron chi connectivity index (χ1n) is 3.16. The van der Waals surface area contributed by atoms with Crippen LogP contribution in [-0.4, -0.2) is 24.8 Å². The van der Waals surface area contributed by atoms with E-state index in [9.17, 15) is 0 Å². The number of ether oxygens (including phenoxy) is 1. The lowest BCUT2D eigenvalue weighted by Crippen LogP contribution is -1.78. The maximum Gasteiger partial charge on any atom is 0.432 e. The molecule has 0 atom stereocenters. The minimum absolute atomic E-state index is 0.750. The lowest BCUT2D eigenvalue weighted by Gasteiger charge is -1.93. The number of methoxy groups -OCH3 is 1. The fourth-order valence-electron chi connectivity index (χ4n) is 0.557. The van der Waals surface area contributed by atoms with Crippen molar-refractivity contribution in [3.8, 4) is 5.75 Å². The third-order valence-corrected chi connectivity index (χ3v) is 0.979. The van der Waals surface area contributed by atoms with Crippen LogP contribution in [0.25, 0.3) is 0 Å². The predicted molar refractivity (Wildman–Crippen MR) is 44.6 cm³/mol. The van der Waals surface area contributed by atoms with E-state index in [1.165, 1.54) is 0 Å². The lowest BCUT2D eigenvalue weighted by molar-refractivity contribution is 0.415. The molecule has 0 fully saturated rings. The highest BCUT2D eigenvalue weighted by Crippen LogP contribution is 2.05. The summed E-state index contributed by atoms with van der Waals surface area (Å²) in [7, 11) is 0.912. The van der Waals surface area contributed by atoms with Gasteiger partial charge in [-0.2, -0.15) is 0 Å². The van der Waals surface area contributed by atoms with Gasteiger partial charge in [0.1, 0.15) is 5.75 Å². The number of hydrogen-bond acceptors (Lipinski definition) is 3. The third-order valence-electron chi connectivity index (χ3n) is 0.979. The van der Waals surface area contributed by atoms with Crippen molar-refractivity contribution < 1.29 is 14.8 Å². The standard InChI is InChI=1S/C7H8O.BH3O2/c1-8-7-5-3-2-4-6-7;2-1-3/h2-6H,1H3;1-3H. The topological polar surface area (TPSA) is 49.7 Å². The van der Waals surface area contributed by atoms with Gasteiger partial charge < -0.3 is 14.8 Å². The summed E-state index contributed by atoms with van der Waals surface area (Å²) in [5, 5.41) is 14.2. The van der Waals surface area contributed by atoms with Gasteiger partial charge in [0, 0.05) is 0 Å². The summed E-state index contributed by atoms with van der Waals surface area (Å²) in [4.78, 5) is 0. The molecule has 0 amide bonds. The summed E-state index contributed by atoms with van der Waals surface area (Å²) in [6, 6.07) is 9.68. The SMILES string of the molecule is COc1ccccc1.OBO. The summed E-state index contributed by atoms with van der Waals surface area (Å²) >= 11 is 0. The Bertz CT molecular complexity index is 167. The fraction of sp³-hybridized carbons (Fsp3) is 0.143. The summed E-state index contributed by atoms with van der Waals surface area (Å²) in [6.07, 6.45) is 0. The van der Waals surface area contributed by atoms with E-state index in [4.69, 9.17) is 14.8 Å². The van der Waals surface area contributed by atoms with Crippen molar-refractivity contribution >= 4 is 7.69 Å². The van der Waals surface area contributed by atoms with Crippen molar-refractivity contribution in [1.29, 1.82) is 0 Å². The van der Waals surface area contributed by atoms with Crippen LogP contribution in [0.4, 0.5) is 0 Å². The smallest absolute Gasteiger partial charge is 0.432 e. The van der Waals surface area contributed by atoms with Crippen LogP contribution in [0, 0.1) is 0 Å². The molecule has 0 aliphatic heterocycles. The minimum atomic E-state index is -0.750. The molecule has 11 heavy (non-hydrogen) atoms. The Balaban J connectivity index is 0.000000292. The molecule has 0 spiro atoms. The molecular weight excluding hydrogens is 143 g/mol. The molecule has 0 aliphatic rings. The summed E-state index contributed by atoms with van der Waals surface area (Å²) < 4.78 is 4.91. The molecule has 0 saturated heterocycles. The third kappa shape index (κ3) is 5.45.